The van der Waals surface area contributed by atoms with E-state index in [-0.39, 0.29) is 30.6 Å². The van der Waals surface area contributed by atoms with E-state index in [1.807, 2.05) is 50.2 Å². The molecule has 0 radical (unpaired) electrons. The SMILES string of the molecule is CC(C)C(NC(=O)OCC1c2ccccc2-c2ccccc21)C(=O)NCc1cc(C(=O)O)ccn1. The predicted molar refractivity (Wildman–Crippen MR) is 130 cm³/mol. The number of alkyl carbamates (subject to hydrolysis) is 1. The largest absolute Gasteiger partial charge is 0.478 e. The highest BCUT2D eigenvalue weighted by Crippen LogP contribution is 2.44. The fourth-order valence-corrected chi connectivity index (χ4v) is 4.30. The molecule has 1 aromatic heterocycles. The van der Waals surface area contributed by atoms with Crippen molar-refractivity contribution in [2.24, 2.45) is 5.92 Å². The van der Waals surface area contributed by atoms with E-state index in [2.05, 4.69) is 27.8 Å². The average Bonchev–Trinajstić information content (AvgIpc) is 3.18. The maximum Gasteiger partial charge on any atom is 0.407 e. The number of aromatic nitrogens is 1. The molecule has 0 aliphatic heterocycles. The van der Waals surface area contributed by atoms with E-state index >= 15 is 0 Å². The number of nitrogens with one attached hydrogen (secondary N) is 2. The van der Waals surface area contributed by atoms with Crippen molar-refractivity contribution >= 4 is 18.0 Å². The number of nitrogens with zero attached hydrogens (tertiary/aromatic N) is 1. The molecular weight excluding hydrogens is 446 g/mol. The summed E-state index contributed by atoms with van der Waals surface area (Å²) in [6.07, 6.45) is 0.700. The van der Waals surface area contributed by atoms with Gasteiger partial charge >= 0.3 is 12.1 Å². The van der Waals surface area contributed by atoms with E-state index < -0.39 is 24.0 Å². The van der Waals surface area contributed by atoms with Crippen LogP contribution in [0.4, 0.5) is 4.79 Å². The van der Waals surface area contributed by atoms with Gasteiger partial charge in [0.2, 0.25) is 5.91 Å². The third kappa shape index (κ3) is 5.32. The number of amides is 2. The molecule has 8 heteroatoms. The monoisotopic (exact) mass is 473 g/mol. The molecule has 1 unspecified atom stereocenters. The van der Waals surface area contributed by atoms with Gasteiger partial charge in [-0.15, -0.1) is 0 Å². The number of carbonyl (C=O) groups is 3. The Labute approximate surface area is 203 Å². The first-order chi connectivity index (χ1) is 16.8. The molecule has 35 heavy (non-hydrogen) atoms. The van der Waals surface area contributed by atoms with Crippen molar-refractivity contribution in [3.8, 4) is 11.1 Å². The quantitative estimate of drug-likeness (QED) is 0.456. The van der Waals surface area contributed by atoms with E-state index in [0.29, 0.717) is 5.69 Å². The summed E-state index contributed by atoms with van der Waals surface area (Å²) in [5, 5.41) is 14.5. The smallest absolute Gasteiger partial charge is 0.407 e. The zero-order valence-corrected chi connectivity index (χ0v) is 19.5. The van der Waals surface area contributed by atoms with Crippen LogP contribution >= 0.6 is 0 Å². The third-order valence-corrected chi connectivity index (χ3v) is 6.07. The molecule has 0 fully saturated rings. The Bertz CT molecular complexity index is 1210. The van der Waals surface area contributed by atoms with Crippen LogP contribution in [0.3, 0.4) is 0 Å². The van der Waals surface area contributed by atoms with Crippen LogP contribution in [-0.2, 0) is 16.1 Å². The van der Waals surface area contributed by atoms with Crippen LogP contribution in [0.5, 0.6) is 0 Å². The number of ether oxygens (including phenoxy) is 1. The Morgan fingerprint density at radius 2 is 1.63 bits per heavy atom. The minimum atomic E-state index is -1.07. The molecule has 1 atom stereocenters. The normalized spacial score (nSPS) is 13.0. The Morgan fingerprint density at radius 1 is 1.00 bits per heavy atom. The molecule has 0 bridgehead atoms. The van der Waals surface area contributed by atoms with E-state index in [9.17, 15) is 14.4 Å². The summed E-state index contributed by atoms with van der Waals surface area (Å²) < 4.78 is 5.57. The van der Waals surface area contributed by atoms with Gasteiger partial charge in [0.1, 0.15) is 12.6 Å². The fraction of sp³-hybridized carbons (Fsp3) is 0.259. The van der Waals surface area contributed by atoms with Crippen LogP contribution in [0, 0.1) is 5.92 Å². The van der Waals surface area contributed by atoms with Gasteiger partial charge in [-0.2, -0.15) is 0 Å². The molecule has 0 saturated carbocycles. The number of aromatic carboxylic acids is 1. The summed E-state index contributed by atoms with van der Waals surface area (Å²) >= 11 is 0. The Kier molecular flexibility index (Phi) is 7.10. The van der Waals surface area contributed by atoms with Crippen LogP contribution in [0.15, 0.2) is 66.9 Å². The zero-order valence-electron chi connectivity index (χ0n) is 19.5. The summed E-state index contributed by atoms with van der Waals surface area (Å²) in [5.74, 6) is -1.76. The maximum atomic E-state index is 12.8. The Morgan fingerprint density at radius 3 is 2.23 bits per heavy atom. The lowest BCUT2D eigenvalue weighted by Gasteiger charge is -2.22. The van der Waals surface area contributed by atoms with Gasteiger partial charge in [0, 0.05) is 12.1 Å². The molecule has 2 amide bonds. The summed E-state index contributed by atoms with van der Waals surface area (Å²) in [7, 11) is 0. The van der Waals surface area contributed by atoms with E-state index in [1.165, 1.54) is 18.3 Å². The highest BCUT2D eigenvalue weighted by Gasteiger charge is 2.30. The number of hydrogen-bond acceptors (Lipinski definition) is 5. The van der Waals surface area contributed by atoms with Crippen LogP contribution in [0.1, 0.15) is 46.9 Å². The molecule has 8 nitrogen and oxygen atoms in total. The third-order valence-electron chi connectivity index (χ3n) is 6.07. The summed E-state index contributed by atoms with van der Waals surface area (Å²) in [4.78, 5) is 40.6. The van der Waals surface area contributed by atoms with Crippen molar-refractivity contribution in [3.63, 3.8) is 0 Å². The lowest BCUT2D eigenvalue weighted by atomic mass is 9.98. The molecule has 4 rings (SSSR count). The number of carboxylic acid groups (broad SMARTS) is 1. The molecule has 0 spiro atoms. The van der Waals surface area contributed by atoms with E-state index in [4.69, 9.17) is 9.84 Å². The molecule has 1 heterocycles. The predicted octanol–water partition coefficient (Wildman–Crippen LogP) is 3.96. The van der Waals surface area contributed by atoms with E-state index in [0.717, 1.165) is 22.3 Å². The van der Waals surface area contributed by atoms with Crippen LogP contribution in [0.25, 0.3) is 11.1 Å². The molecule has 1 aliphatic carbocycles. The lowest BCUT2D eigenvalue weighted by molar-refractivity contribution is -0.124. The Balaban J connectivity index is 1.37. The number of hydrogen-bond donors (Lipinski definition) is 3. The first-order valence-corrected chi connectivity index (χ1v) is 11.4. The first-order valence-electron chi connectivity index (χ1n) is 11.4. The number of carboxylic acids is 1. The second kappa shape index (κ2) is 10.4. The Hall–Kier alpha value is -4.20. The van der Waals surface area contributed by atoms with Gasteiger partial charge in [0.25, 0.3) is 0 Å². The first kappa shape index (κ1) is 23.9. The summed E-state index contributed by atoms with van der Waals surface area (Å²) in [6, 6.07) is 18.1. The standard InChI is InChI=1S/C27H27N3O5/c1-16(2)24(25(31)29-14-18-13-17(26(32)33)11-12-28-18)30-27(34)35-15-23-21-9-5-3-7-19(21)20-8-4-6-10-22(20)23/h3-13,16,23-24H,14-15H2,1-2H3,(H,29,31)(H,30,34)(H,32,33). The molecule has 180 valence electrons. The van der Waals surface area contributed by atoms with Crippen molar-refractivity contribution in [1.29, 1.82) is 0 Å². The highest BCUT2D eigenvalue weighted by molar-refractivity contribution is 5.88. The highest BCUT2D eigenvalue weighted by atomic mass is 16.5. The van der Waals surface area contributed by atoms with Gasteiger partial charge in [-0.05, 0) is 40.3 Å². The minimum Gasteiger partial charge on any atom is -0.478 e. The maximum absolute atomic E-state index is 12.8. The van der Waals surface area contributed by atoms with Crippen LogP contribution in [-0.4, -0.2) is 40.7 Å². The van der Waals surface area contributed by atoms with Crippen molar-refractivity contribution in [3.05, 3.63) is 89.2 Å². The molecule has 1 aliphatic rings. The molecule has 3 N–H and O–H groups in total. The minimum absolute atomic E-state index is 0.0372. The molecule has 0 saturated heterocycles. The number of rotatable bonds is 8. The molecule has 2 aromatic carbocycles. The van der Waals surface area contributed by atoms with Gasteiger partial charge < -0.3 is 20.5 Å². The van der Waals surface area contributed by atoms with Crippen LogP contribution in [0.2, 0.25) is 0 Å². The molecular formula is C27H27N3O5. The fourth-order valence-electron chi connectivity index (χ4n) is 4.30. The second-order valence-electron chi connectivity index (χ2n) is 8.75. The number of carbonyl (C=O) groups excluding carboxylic acids is 2. The van der Waals surface area contributed by atoms with E-state index in [1.54, 1.807) is 0 Å². The number of fused-ring (bicyclic) bond motifs is 3. The van der Waals surface area contributed by atoms with Gasteiger partial charge in [-0.25, -0.2) is 9.59 Å². The second-order valence-corrected chi connectivity index (χ2v) is 8.75. The zero-order chi connectivity index (χ0) is 24.9. The molecule has 3 aromatic rings. The lowest BCUT2D eigenvalue weighted by Crippen LogP contribution is -2.49. The van der Waals surface area contributed by atoms with Gasteiger partial charge in [0.15, 0.2) is 0 Å². The van der Waals surface area contributed by atoms with Gasteiger partial charge in [-0.1, -0.05) is 62.4 Å². The summed E-state index contributed by atoms with van der Waals surface area (Å²) in [5.41, 5.74) is 4.98. The van der Waals surface area contributed by atoms with Gasteiger partial charge in [-0.3, -0.25) is 9.78 Å². The van der Waals surface area contributed by atoms with Crippen molar-refractivity contribution in [2.75, 3.05) is 6.61 Å². The van der Waals surface area contributed by atoms with Gasteiger partial charge in [0.05, 0.1) is 17.8 Å². The average molecular weight is 474 g/mol. The summed E-state index contributed by atoms with van der Waals surface area (Å²) in [6.45, 7) is 3.82. The van der Waals surface area contributed by atoms with Crippen molar-refractivity contribution in [1.82, 2.24) is 15.6 Å². The van der Waals surface area contributed by atoms with Crippen molar-refractivity contribution in [2.45, 2.75) is 32.4 Å². The number of benzene rings is 2. The number of pyridine rings is 1. The topological polar surface area (TPSA) is 118 Å². The van der Waals surface area contributed by atoms with Crippen molar-refractivity contribution < 1.29 is 24.2 Å². The van der Waals surface area contributed by atoms with Crippen LogP contribution < -0.4 is 10.6 Å².